The maximum absolute atomic E-state index is 8.93. The molecular weight excluding hydrogens is 250 g/mol. The summed E-state index contributed by atoms with van der Waals surface area (Å²) < 4.78 is 11.3. The maximum Gasteiger partial charge on any atom is 0.127 e. The highest BCUT2D eigenvalue weighted by molar-refractivity contribution is 5.35. The molecule has 102 valence electrons. The second-order valence-electron chi connectivity index (χ2n) is 5.17. The van der Waals surface area contributed by atoms with Gasteiger partial charge in [0.05, 0.1) is 11.5 Å². The summed E-state index contributed by atoms with van der Waals surface area (Å²) in [7, 11) is 0. The lowest BCUT2D eigenvalue weighted by Gasteiger charge is -2.16. The van der Waals surface area contributed by atoms with Gasteiger partial charge in [-0.2, -0.15) is 5.26 Å². The van der Waals surface area contributed by atoms with Crippen LogP contribution in [0.2, 0.25) is 0 Å². The molecular formula is C17H17NO2. The van der Waals surface area contributed by atoms with Gasteiger partial charge in [-0.05, 0) is 50.2 Å². The predicted octanol–water partition coefficient (Wildman–Crippen LogP) is 4.41. The number of nitrogens with zero attached hydrogens (tertiary/aromatic N) is 1. The highest BCUT2D eigenvalue weighted by atomic mass is 16.5. The summed E-state index contributed by atoms with van der Waals surface area (Å²) in [6.45, 7) is 4.06. The molecule has 0 saturated carbocycles. The van der Waals surface area contributed by atoms with Gasteiger partial charge in [0.2, 0.25) is 0 Å². The van der Waals surface area contributed by atoms with Gasteiger partial charge in [0.15, 0.2) is 0 Å². The van der Waals surface area contributed by atoms with Crippen LogP contribution in [0.25, 0.3) is 0 Å². The SMILES string of the molecule is CC(C)(C#N)COc1ccc(Oc2ccccc2)cc1. The lowest BCUT2D eigenvalue weighted by atomic mass is 9.98. The van der Waals surface area contributed by atoms with Gasteiger partial charge in [-0.3, -0.25) is 0 Å². The first-order chi connectivity index (χ1) is 9.59. The van der Waals surface area contributed by atoms with Crippen molar-refractivity contribution in [3.8, 4) is 23.3 Å². The van der Waals surface area contributed by atoms with Gasteiger partial charge < -0.3 is 9.47 Å². The van der Waals surface area contributed by atoms with Crippen LogP contribution in [0.3, 0.4) is 0 Å². The molecule has 0 aliphatic carbocycles. The number of nitriles is 1. The zero-order valence-corrected chi connectivity index (χ0v) is 11.7. The fourth-order valence-corrected chi connectivity index (χ4v) is 1.52. The van der Waals surface area contributed by atoms with Crippen LogP contribution in [0, 0.1) is 16.7 Å². The first-order valence-corrected chi connectivity index (χ1v) is 6.46. The molecule has 20 heavy (non-hydrogen) atoms. The molecule has 0 saturated heterocycles. The van der Waals surface area contributed by atoms with Gasteiger partial charge in [0.1, 0.15) is 23.9 Å². The molecule has 0 bridgehead atoms. The van der Waals surface area contributed by atoms with Gasteiger partial charge in [-0.25, -0.2) is 0 Å². The number of hydrogen-bond donors (Lipinski definition) is 0. The molecule has 0 radical (unpaired) electrons. The molecule has 0 aliphatic rings. The molecule has 2 aromatic rings. The Bertz CT molecular complexity index is 583. The molecule has 0 spiro atoms. The highest BCUT2D eigenvalue weighted by Crippen LogP contribution is 2.24. The first-order valence-electron chi connectivity index (χ1n) is 6.46. The Kier molecular flexibility index (Phi) is 4.27. The van der Waals surface area contributed by atoms with Gasteiger partial charge in [0.25, 0.3) is 0 Å². The summed E-state index contributed by atoms with van der Waals surface area (Å²) in [6, 6.07) is 19.2. The lowest BCUT2D eigenvalue weighted by Crippen LogP contribution is -2.18. The van der Waals surface area contributed by atoms with E-state index in [0.717, 1.165) is 17.2 Å². The van der Waals surface area contributed by atoms with E-state index in [-0.39, 0.29) is 0 Å². The molecule has 0 atom stereocenters. The van der Waals surface area contributed by atoms with Crippen molar-refractivity contribution in [1.29, 1.82) is 5.26 Å². The lowest BCUT2D eigenvalue weighted by molar-refractivity contribution is 0.227. The minimum atomic E-state index is -0.487. The molecule has 0 aliphatic heterocycles. The van der Waals surface area contributed by atoms with Crippen LogP contribution in [-0.4, -0.2) is 6.61 Å². The van der Waals surface area contributed by atoms with Crippen molar-refractivity contribution in [2.75, 3.05) is 6.61 Å². The summed E-state index contributed by atoms with van der Waals surface area (Å²) >= 11 is 0. The van der Waals surface area contributed by atoms with Crippen LogP contribution in [0.5, 0.6) is 17.2 Å². The van der Waals surface area contributed by atoms with E-state index >= 15 is 0 Å². The number of benzene rings is 2. The van der Waals surface area contributed by atoms with Crippen LogP contribution in [0.4, 0.5) is 0 Å². The molecule has 3 heteroatoms. The number of rotatable bonds is 5. The van der Waals surface area contributed by atoms with Crippen LogP contribution in [-0.2, 0) is 0 Å². The Hall–Kier alpha value is -2.47. The Balaban J connectivity index is 1.95. The van der Waals surface area contributed by atoms with Crippen molar-refractivity contribution in [1.82, 2.24) is 0 Å². The molecule has 0 amide bonds. The minimum absolute atomic E-state index is 0.363. The van der Waals surface area contributed by atoms with Crippen molar-refractivity contribution >= 4 is 0 Å². The first kappa shape index (κ1) is 14.0. The topological polar surface area (TPSA) is 42.2 Å². The predicted molar refractivity (Wildman–Crippen MR) is 77.8 cm³/mol. The quantitative estimate of drug-likeness (QED) is 0.806. The molecule has 0 N–H and O–H groups in total. The summed E-state index contributed by atoms with van der Waals surface area (Å²) in [6.07, 6.45) is 0. The number of para-hydroxylation sites is 1. The highest BCUT2D eigenvalue weighted by Gasteiger charge is 2.17. The van der Waals surface area contributed by atoms with Crippen LogP contribution in [0.1, 0.15) is 13.8 Å². The smallest absolute Gasteiger partial charge is 0.127 e. The van der Waals surface area contributed by atoms with E-state index in [0.29, 0.717) is 6.61 Å². The monoisotopic (exact) mass is 267 g/mol. The number of hydrogen-bond acceptors (Lipinski definition) is 3. The molecule has 0 aromatic heterocycles. The largest absolute Gasteiger partial charge is 0.492 e. The maximum atomic E-state index is 8.93. The average molecular weight is 267 g/mol. The number of ether oxygens (including phenoxy) is 2. The summed E-state index contributed by atoms with van der Waals surface area (Å²) in [5, 5.41) is 8.93. The average Bonchev–Trinajstić information content (AvgIpc) is 2.48. The third kappa shape index (κ3) is 4.03. The van der Waals surface area contributed by atoms with Crippen molar-refractivity contribution in [2.45, 2.75) is 13.8 Å². The van der Waals surface area contributed by atoms with Crippen molar-refractivity contribution < 1.29 is 9.47 Å². The van der Waals surface area contributed by atoms with Crippen molar-refractivity contribution in [2.24, 2.45) is 5.41 Å². The fourth-order valence-electron chi connectivity index (χ4n) is 1.52. The molecule has 0 heterocycles. The zero-order valence-electron chi connectivity index (χ0n) is 11.7. The molecule has 0 fully saturated rings. The summed E-state index contributed by atoms with van der Waals surface area (Å²) in [4.78, 5) is 0. The normalized spacial score (nSPS) is 10.7. The summed E-state index contributed by atoms with van der Waals surface area (Å²) in [5.41, 5.74) is -0.487. The molecule has 0 unspecified atom stereocenters. The van der Waals surface area contributed by atoms with Gasteiger partial charge in [-0.15, -0.1) is 0 Å². The molecule has 2 rings (SSSR count). The van der Waals surface area contributed by atoms with Crippen LogP contribution >= 0.6 is 0 Å². The molecule has 2 aromatic carbocycles. The van der Waals surface area contributed by atoms with Crippen LogP contribution < -0.4 is 9.47 Å². The Morgan fingerprint density at radius 1 is 0.900 bits per heavy atom. The van der Waals surface area contributed by atoms with E-state index in [4.69, 9.17) is 14.7 Å². The second-order valence-corrected chi connectivity index (χ2v) is 5.17. The Labute approximate surface area is 119 Å². The van der Waals surface area contributed by atoms with Gasteiger partial charge >= 0.3 is 0 Å². The van der Waals surface area contributed by atoms with Gasteiger partial charge in [-0.1, -0.05) is 18.2 Å². The molecule has 3 nitrogen and oxygen atoms in total. The van der Waals surface area contributed by atoms with E-state index < -0.39 is 5.41 Å². The van der Waals surface area contributed by atoms with E-state index in [1.54, 1.807) is 0 Å². The third-order valence-corrected chi connectivity index (χ3v) is 2.70. The second kappa shape index (κ2) is 6.12. The van der Waals surface area contributed by atoms with E-state index in [1.807, 2.05) is 68.4 Å². The van der Waals surface area contributed by atoms with E-state index in [1.165, 1.54) is 0 Å². The van der Waals surface area contributed by atoms with Crippen molar-refractivity contribution in [3.63, 3.8) is 0 Å². The van der Waals surface area contributed by atoms with Crippen molar-refractivity contribution in [3.05, 3.63) is 54.6 Å². The van der Waals surface area contributed by atoms with E-state index in [9.17, 15) is 0 Å². The van der Waals surface area contributed by atoms with Crippen LogP contribution in [0.15, 0.2) is 54.6 Å². The Morgan fingerprint density at radius 3 is 2.05 bits per heavy atom. The van der Waals surface area contributed by atoms with Gasteiger partial charge in [0, 0.05) is 0 Å². The third-order valence-electron chi connectivity index (χ3n) is 2.70. The van der Waals surface area contributed by atoms with E-state index in [2.05, 4.69) is 6.07 Å². The summed E-state index contributed by atoms with van der Waals surface area (Å²) in [5.74, 6) is 2.28. The zero-order chi connectivity index (χ0) is 14.4. The fraction of sp³-hybridized carbons (Fsp3) is 0.235. The minimum Gasteiger partial charge on any atom is -0.492 e. The Morgan fingerprint density at radius 2 is 1.45 bits per heavy atom. The standard InChI is InChI=1S/C17H17NO2/c1-17(2,12-18)13-19-14-8-10-16(11-9-14)20-15-6-4-3-5-7-15/h3-11H,13H2,1-2H3.